The van der Waals surface area contributed by atoms with Gasteiger partial charge in [0.2, 0.25) is 5.91 Å². The predicted molar refractivity (Wildman–Crippen MR) is 228 cm³/mol. The van der Waals surface area contributed by atoms with Crippen molar-refractivity contribution in [2.75, 3.05) is 13.2 Å². The molecule has 0 saturated carbocycles. The zero-order valence-corrected chi connectivity index (χ0v) is 35.8. The molecule has 57 heavy (non-hydrogen) atoms. The van der Waals surface area contributed by atoms with Crippen molar-refractivity contribution >= 4 is 5.91 Å². The summed E-state index contributed by atoms with van der Waals surface area (Å²) in [5.74, 6) is -0.716. The lowest BCUT2D eigenvalue weighted by atomic mass is 9.98. The van der Waals surface area contributed by atoms with Gasteiger partial charge in [-0.15, -0.1) is 0 Å². The molecule has 11 heteroatoms. The van der Waals surface area contributed by atoms with Gasteiger partial charge >= 0.3 is 0 Å². The molecule has 0 aliphatic carbocycles. The van der Waals surface area contributed by atoms with Crippen LogP contribution in [0.15, 0.2) is 36.5 Å². The number of carbonyl (C=O) groups excluding carboxylic acids is 1. The number of amides is 1. The minimum atomic E-state index is -1.67. The molecule has 0 spiro atoms. The molecule has 334 valence electrons. The standard InChI is InChI=1S/C46H85NO10/c1-3-5-7-9-11-13-15-16-17-18-19-20-21-22-23-24-26-27-29-31-33-38(49)41(51)37(36-56-46-44(54)43(53)42(52)40(35-48)57-46)47-45(55)39(50)34-32-30-28-25-14-12-10-8-6-4-2/h17-18,21-22,26-27,37-44,46,48-54H,3-16,19-20,23-25,28-36H2,1-2H3,(H,47,55)/b18-17+,22-21+,27-26+. The van der Waals surface area contributed by atoms with E-state index in [0.29, 0.717) is 19.3 Å². The summed E-state index contributed by atoms with van der Waals surface area (Å²) in [4.78, 5) is 13.0. The van der Waals surface area contributed by atoms with Crippen LogP contribution in [0.3, 0.4) is 0 Å². The summed E-state index contributed by atoms with van der Waals surface area (Å²) in [5, 5.41) is 75.4. The maximum absolute atomic E-state index is 13.0. The van der Waals surface area contributed by atoms with Crippen molar-refractivity contribution in [3.05, 3.63) is 36.5 Å². The predicted octanol–water partition coefficient (Wildman–Crippen LogP) is 7.22. The molecule has 1 rings (SSSR count). The number of allylic oxidation sites excluding steroid dienone is 6. The Hall–Kier alpha value is -1.67. The molecule has 1 fully saturated rings. The van der Waals surface area contributed by atoms with Gasteiger partial charge in [0.05, 0.1) is 25.4 Å². The van der Waals surface area contributed by atoms with Gasteiger partial charge in [0.1, 0.15) is 36.6 Å². The van der Waals surface area contributed by atoms with Crippen molar-refractivity contribution in [2.45, 2.75) is 236 Å². The van der Waals surface area contributed by atoms with E-state index in [1.165, 1.54) is 89.9 Å². The normalized spacial score (nSPS) is 22.4. The van der Waals surface area contributed by atoms with Gasteiger partial charge in [-0.3, -0.25) is 4.79 Å². The summed E-state index contributed by atoms with van der Waals surface area (Å²) in [6.45, 7) is 3.38. The van der Waals surface area contributed by atoms with Gasteiger partial charge in [0.15, 0.2) is 6.29 Å². The Morgan fingerprint density at radius 2 is 1.05 bits per heavy atom. The number of unbranched alkanes of at least 4 members (excludes halogenated alkanes) is 19. The largest absolute Gasteiger partial charge is 0.394 e. The minimum Gasteiger partial charge on any atom is -0.394 e. The molecule has 1 aliphatic heterocycles. The van der Waals surface area contributed by atoms with Crippen LogP contribution in [0.2, 0.25) is 0 Å². The maximum Gasteiger partial charge on any atom is 0.249 e. The van der Waals surface area contributed by atoms with Crippen molar-refractivity contribution in [3.63, 3.8) is 0 Å². The third kappa shape index (κ3) is 26.2. The fraction of sp³-hybridized carbons (Fsp3) is 0.848. The van der Waals surface area contributed by atoms with E-state index in [0.717, 1.165) is 44.9 Å². The summed E-state index contributed by atoms with van der Waals surface area (Å²) in [6.07, 6.45) is 29.2. The van der Waals surface area contributed by atoms with Crippen molar-refractivity contribution in [3.8, 4) is 0 Å². The first kappa shape index (κ1) is 53.3. The van der Waals surface area contributed by atoms with Crippen molar-refractivity contribution in [1.29, 1.82) is 0 Å². The second-order valence-electron chi connectivity index (χ2n) is 16.1. The lowest BCUT2D eigenvalue weighted by molar-refractivity contribution is -0.303. The summed E-state index contributed by atoms with van der Waals surface area (Å²) < 4.78 is 11.0. The SMILES string of the molecule is CCCCCCCCC/C=C/CC/C=C/CC/C=C/CCCC(O)C(O)C(COC1OC(CO)C(O)C(O)C1O)NC(=O)C(O)CCCCCCCCCCCC. The minimum absolute atomic E-state index is 0.242. The molecule has 0 aromatic rings. The summed E-state index contributed by atoms with van der Waals surface area (Å²) in [5.41, 5.74) is 0. The maximum atomic E-state index is 13.0. The molecule has 11 nitrogen and oxygen atoms in total. The lowest BCUT2D eigenvalue weighted by Crippen LogP contribution is -2.60. The number of aliphatic hydroxyl groups excluding tert-OH is 7. The van der Waals surface area contributed by atoms with Gasteiger partial charge in [-0.1, -0.05) is 153 Å². The molecule has 9 unspecified atom stereocenters. The number of aliphatic hydroxyl groups is 7. The number of rotatable bonds is 37. The Balaban J connectivity index is 2.49. The quantitative estimate of drug-likeness (QED) is 0.0235. The zero-order valence-electron chi connectivity index (χ0n) is 35.8. The zero-order chi connectivity index (χ0) is 41.9. The molecule has 0 bridgehead atoms. The third-order valence-electron chi connectivity index (χ3n) is 10.9. The van der Waals surface area contributed by atoms with Crippen LogP contribution in [-0.2, 0) is 14.3 Å². The average molecular weight is 812 g/mol. The summed E-state index contributed by atoms with van der Waals surface area (Å²) >= 11 is 0. The van der Waals surface area contributed by atoms with Gasteiger partial charge in [-0.2, -0.15) is 0 Å². The molecule has 0 radical (unpaired) electrons. The first-order valence-corrected chi connectivity index (χ1v) is 22.9. The van der Waals surface area contributed by atoms with E-state index in [9.17, 15) is 40.5 Å². The number of carbonyl (C=O) groups is 1. The van der Waals surface area contributed by atoms with E-state index >= 15 is 0 Å². The Labute approximate surface area is 346 Å². The van der Waals surface area contributed by atoms with Crippen LogP contribution in [0.25, 0.3) is 0 Å². The molecular weight excluding hydrogens is 727 g/mol. The number of hydrogen-bond acceptors (Lipinski definition) is 10. The fourth-order valence-electron chi connectivity index (χ4n) is 7.06. The van der Waals surface area contributed by atoms with Gasteiger partial charge in [0.25, 0.3) is 0 Å². The van der Waals surface area contributed by atoms with Gasteiger partial charge in [0, 0.05) is 0 Å². The number of hydrogen-bond donors (Lipinski definition) is 8. The van der Waals surface area contributed by atoms with Crippen LogP contribution < -0.4 is 5.32 Å². The third-order valence-corrected chi connectivity index (χ3v) is 10.9. The number of ether oxygens (including phenoxy) is 2. The van der Waals surface area contributed by atoms with Gasteiger partial charge < -0.3 is 50.5 Å². The first-order chi connectivity index (χ1) is 27.7. The van der Waals surface area contributed by atoms with Gasteiger partial charge in [-0.25, -0.2) is 0 Å². The highest BCUT2D eigenvalue weighted by molar-refractivity contribution is 5.80. The second kappa shape index (κ2) is 36.2. The Bertz CT molecular complexity index is 1020. The van der Waals surface area contributed by atoms with Crippen LogP contribution in [0, 0.1) is 0 Å². The van der Waals surface area contributed by atoms with Crippen LogP contribution in [-0.4, -0.2) is 110 Å². The topological polar surface area (TPSA) is 189 Å². The highest BCUT2D eigenvalue weighted by atomic mass is 16.7. The number of nitrogens with one attached hydrogen (secondary N) is 1. The molecule has 0 aromatic heterocycles. The second-order valence-corrected chi connectivity index (χ2v) is 16.1. The average Bonchev–Trinajstić information content (AvgIpc) is 3.21. The monoisotopic (exact) mass is 812 g/mol. The molecule has 8 N–H and O–H groups in total. The van der Waals surface area contributed by atoms with Crippen LogP contribution in [0.5, 0.6) is 0 Å². The Morgan fingerprint density at radius 1 is 0.596 bits per heavy atom. The lowest BCUT2D eigenvalue weighted by Gasteiger charge is -2.40. The molecular formula is C46H85NO10. The highest BCUT2D eigenvalue weighted by Gasteiger charge is 2.44. The van der Waals surface area contributed by atoms with E-state index in [2.05, 4.69) is 55.6 Å². The Morgan fingerprint density at radius 3 is 1.56 bits per heavy atom. The van der Waals surface area contributed by atoms with E-state index in [4.69, 9.17) is 9.47 Å². The first-order valence-electron chi connectivity index (χ1n) is 22.9. The molecule has 1 saturated heterocycles. The van der Waals surface area contributed by atoms with Crippen molar-refractivity contribution in [2.24, 2.45) is 0 Å². The molecule has 0 aromatic carbocycles. The van der Waals surface area contributed by atoms with Crippen molar-refractivity contribution in [1.82, 2.24) is 5.32 Å². The highest BCUT2D eigenvalue weighted by Crippen LogP contribution is 2.23. The van der Waals surface area contributed by atoms with Crippen LogP contribution >= 0.6 is 0 Å². The molecule has 1 heterocycles. The van der Waals surface area contributed by atoms with Gasteiger partial charge in [-0.05, 0) is 64.2 Å². The van der Waals surface area contributed by atoms with E-state index in [1.54, 1.807) is 0 Å². The van der Waals surface area contributed by atoms with Crippen molar-refractivity contribution < 1.29 is 50.0 Å². The summed E-state index contributed by atoms with van der Waals surface area (Å²) in [7, 11) is 0. The fourth-order valence-corrected chi connectivity index (χ4v) is 7.06. The van der Waals surface area contributed by atoms with E-state index in [-0.39, 0.29) is 12.8 Å². The van der Waals surface area contributed by atoms with E-state index in [1.807, 2.05) is 0 Å². The smallest absolute Gasteiger partial charge is 0.249 e. The summed E-state index contributed by atoms with van der Waals surface area (Å²) in [6, 6.07) is -1.19. The molecule has 1 aliphatic rings. The van der Waals surface area contributed by atoms with Crippen LogP contribution in [0.1, 0.15) is 181 Å². The molecule has 9 atom stereocenters. The molecule has 1 amide bonds. The van der Waals surface area contributed by atoms with E-state index < -0.39 is 74.2 Å². The van der Waals surface area contributed by atoms with Crippen LogP contribution in [0.4, 0.5) is 0 Å². The Kier molecular flexibility index (Phi) is 33.9.